The van der Waals surface area contributed by atoms with Crippen LogP contribution >= 0.6 is 0 Å². The monoisotopic (exact) mass is 263 g/mol. The molecule has 4 rings (SSSR count). The van der Waals surface area contributed by atoms with Crippen molar-refractivity contribution in [3.8, 4) is 23.0 Å². The third-order valence-electron chi connectivity index (χ3n) is 3.79. The quantitative estimate of drug-likeness (QED) is 0.459. The number of hydrogen-bond donors (Lipinski definition) is 0. The lowest BCUT2D eigenvalue weighted by Crippen LogP contribution is -2.03. The minimum absolute atomic E-state index is 0.755. The fraction of sp³-hybridized carbons (Fsp3) is 0.118. The van der Waals surface area contributed by atoms with Crippen LogP contribution in [0.15, 0.2) is 42.7 Å². The number of fused-ring (bicyclic) bond motifs is 3. The predicted molar refractivity (Wildman–Crippen MR) is 77.8 cm³/mol. The van der Waals surface area contributed by atoms with Gasteiger partial charge in [-0.1, -0.05) is 12.1 Å². The first kappa shape index (κ1) is 11.3. The van der Waals surface area contributed by atoms with Gasteiger partial charge < -0.3 is 9.47 Å². The summed E-state index contributed by atoms with van der Waals surface area (Å²) >= 11 is 0. The maximum Gasteiger partial charge on any atom is 0.174 e. The van der Waals surface area contributed by atoms with Gasteiger partial charge in [-0.15, -0.1) is 0 Å². The molecule has 1 aliphatic rings. The Morgan fingerprint density at radius 2 is 1.40 bits per heavy atom. The molecule has 0 atom stereocenters. The van der Waals surface area contributed by atoms with Crippen LogP contribution in [-0.4, -0.2) is 4.98 Å². The smallest absolute Gasteiger partial charge is 0.174 e. The average Bonchev–Trinajstić information content (AvgIpc) is 2.51. The predicted octanol–water partition coefficient (Wildman–Crippen LogP) is 4.75. The summed E-state index contributed by atoms with van der Waals surface area (Å²) in [4.78, 5) is 4.21. The SMILES string of the molecule is Cc1c2c(c(C)c3cnccc13)Oc1ccccc1O2. The Labute approximate surface area is 116 Å². The lowest BCUT2D eigenvalue weighted by molar-refractivity contribution is 0.356. The molecule has 2 heterocycles. The van der Waals surface area contributed by atoms with Crippen LogP contribution in [0.3, 0.4) is 0 Å². The summed E-state index contributed by atoms with van der Waals surface area (Å²) in [6.07, 6.45) is 3.68. The second-order valence-electron chi connectivity index (χ2n) is 4.98. The third kappa shape index (κ3) is 1.43. The Bertz CT molecular complexity index is 770. The molecule has 0 saturated carbocycles. The van der Waals surface area contributed by atoms with Gasteiger partial charge in [0, 0.05) is 28.9 Å². The number of nitrogens with zero attached hydrogens (tertiary/aromatic N) is 1. The molecule has 2 aromatic carbocycles. The number of para-hydroxylation sites is 2. The van der Waals surface area contributed by atoms with E-state index in [1.165, 1.54) is 0 Å². The van der Waals surface area contributed by atoms with Crippen molar-refractivity contribution in [1.29, 1.82) is 0 Å². The van der Waals surface area contributed by atoms with Gasteiger partial charge in [0.2, 0.25) is 0 Å². The van der Waals surface area contributed by atoms with Gasteiger partial charge in [-0.25, -0.2) is 0 Å². The maximum absolute atomic E-state index is 6.05. The van der Waals surface area contributed by atoms with Crippen molar-refractivity contribution in [3.05, 3.63) is 53.9 Å². The number of hydrogen-bond acceptors (Lipinski definition) is 3. The summed E-state index contributed by atoms with van der Waals surface area (Å²) in [6, 6.07) is 9.74. The summed E-state index contributed by atoms with van der Waals surface area (Å²) in [5.74, 6) is 3.11. The van der Waals surface area contributed by atoms with Crippen molar-refractivity contribution in [2.75, 3.05) is 0 Å². The molecule has 0 spiro atoms. The fourth-order valence-corrected chi connectivity index (χ4v) is 2.69. The van der Waals surface area contributed by atoms with Gasteiger partial charge in [0.25, 0.3) is 0 Å². The van der Waals surface area contributed by atoms with Crippen LogP contribution in [0.1, 0.15) is 11.1 Å². The molecule has 0 radical (unpaired) electrons. The van der Waals surface area contributed by atoms with Crippen LogP contribution in [-0.2, 0) is 0 Å². The second kappa shape index (κ2) is 3.97. The number of aryl methyl sites for hydroxylation is 2. The van der Waals surface area contributed by atoms with Crippen LogP contribution in [0.5, 0.6) is 23.0 Å². The van der Waals surface area contributed by atoms with E-state index in [1.807, 2.05) is 43.5 Å². The molecule has 3 nitrogen and oxygen atoms in total. The Morgan fingerprint density at radius 3 is 2.05 bits per heavy atom. The fourth-order valence-electron chi connectivity index (χ4n) is 2.69. The highest BCUT2D eigenvalue weighted by Crippen LogP contribution is 2.50. The van der Waals surface area contributed by atoms with Crippen molar-refractivity contribution in [1.82, 2.24) is 4.98 Å². The van der Waals surface area contributed by atoms with Gasteiger partial charge >= 0.3 is 0 Å². The van der Waals surface area contributed by atoms with E-state index in [9.17, 15) is 0 Å². The van der Waals surface area contributed by atoms with Crippen LogP contribution in [0.4, 0.5) is 0 Å². The van der Waals surface area contributed by atoms with E-state index in [0.29, 0.717) is 0 Å². The molecule has 0 fully saturated rings. The highest BCUT2D eigenvalue weighted by atomic mass is 16.6. The summed E-state index contributed by atoms with van der Waals surface area (Å²) < 4.78 is 12.1. The number of aromatic nitrogens is 1. The Balaban J connectivity index is 2.04. The second-order valence-corrected chi connectivity index (χ2v) is 4.98. The summed E-state index contributed by atoms with van der Waals surface area (Å²) in [5, 5.41) is 2.26. The molecule has 1 aliphatic heterocycles. The van der Waals surface area contributed by atoms with Crippen molar-refractivity contribution in [2.24, 2.45) is 0 Å². The van der Waals surface area contributed by atoms with Gasteiger partial charge in [0.05, 0.1) is 0 Å². The first-order valence-electron chi connectivity index (χ1n) is 6.57. The number of benzene rings is 2. The lowest BCUT2D eigenvalue weighted by Gasteiger charge is -2.24. The molecule has 98 valence electrons. The lowest BCUT2D eigenvalue weighted by atomic mass is 10.00. The normalized spacial score (nSPS) is 12.3. The van der Waals surface area contributed by atoms with E-state index >= 15 is 0 Å². The molecular weight excluding hydrogens is 250 g/mol. The molecule has 0 aliphatic carbocycles. The molecule has 0 N–H and O–H groups in total. The average molecular weight is 263 g/mol. The van der Waals surface area contributed by atoms with E-state index in [4.69, 9.17) is 9.47 Å². The Morgan fingerprint density at radius 1 is 0.800 bits per heavy atom. The number of rotatable bonds is 0. The van der Waals surface area contributed by atoms with Crippen LogP contribution < -0.4 is 9.47 Å². The zero-order valence-electron chi connectivity index (χ0n) is 11.3. The Hall–Kier alpha value is -2.55. The van der Waals surface area contributed by atoms with Gasteiger partial charge in [0.1, 0.15) is 0 Å². The first-order chi connectivity index (χ1) is 9.75. The first-order valence-corrected chi connectivity index (χ1v) is 6.57. The summed E-state index contributed by atoms with van der Waals surface area (Å²) in [5.41, 5.74) is 2.14. The van der Waals surface area contributed by atoms with E-state index in [-0.39, 0.29) is 0 Å². The van der Waals surface area contributed by atoms with Crippen molar-refractivity contribution in [2.45, 2.75) is 13.8 Å². The summed E-state index contributed by atoms with van der Waals surface area (Å²) in [7, 11) is 0. The van der Waals surface area contributed by atoms with Gasteiger partial charge in [-0.05, 0) is 37.4 Å². The molecular formula is C17H13NO2. The van der Waals surface area contributed by atoms with Crippen LogP contribution in [0.2, 0.25) is 0 Å². The maximum atomic E-state index is 6.05. The molecule has 0 unspecified atom stereocenters. The highest BCUT2D eigenvalue weighted by molar-refractivity contribution is 5.93. The third-order valence-corrected chi connectivity index (χ3v) is 3.79. The summed E-state index contributed by atoms with van der Waals surface area (Å²) in [6.45, 7) is 4.09. The van der Waals surface area contributed by atoms with Gasteiger partial charge in [-0.2, -0.15) is 0 Å². The minimum atomic E-state index is 0.755. The van der Waals surface area contributed by atoms with E-state index in [2.05, 4.69) is 11.9 Å². The van der Waals surface area contributed by atoms with Gasteiger partial charge in [0.15, 0.2) is 23.0 Å². The zero-order valence-corrected chi connectivity index (χ0v) is 11.3. The molecule has 3 aromatic rings. The van der Waals surface area contributed by atoms with E-state index in [0.717, 1.165) is 44.9 Å². The Kier molecular flexibility index (Phi) is 2.24. The van der Waals surface area contributed by atoms with Crippen molar-refractivity contribution < 1.29 is 9.47 Å². The largest absolute Gasteiger partial charge is 0.449 e. The number of ether oxygens (including phenoxy) is 2. The van der Waals surface area contributed by atoms with E-state index < -0.39 is 0 Å². The van der Waals surface area contributed by atoms with Crippen LogP contribution in [0.25, 0.3) is 10.8 Å². The molecule has 0 amide bonds. The topological polar surface area (TPSA) is 31.4 Å². The van der Waals surface area contributed by atoms with Crippen LogP contribution in [0, 0.1) is 13.8 Å². The zero-order chi connectivity index (χ0) is 13.7. The van der Waals surface area contributed by atoms with E-state index in [1.54, 1.807) is 6.20 Å². The minimum Gasteiger partial charge on any atom is -0.449 e. The molecule has 0 saturated heterocycles. The standard InChI is InChI=1S/C17H13NO2/c1-10-12-7-8-18-9-13(12)11(2)17-16(10)19-14-5-3-4-6-15(14)20-17/h3-9H,1-2H3. The number of pyridine rings is 1. The van der Waals surface area contributed by atoms with Gasteiger partial charge in [-0.3, -0.25) is 4.98 Å². The molecule has 0 bridgehead atoms. The highest BCUT2D eigenvalue weighted by Gasteiger charge is 2.24. The van der Waals surface area contributed by atoms with Crippen molar-refractivity contribution in [3.63, 3.8) is 0 Å². The molecule has 3 heteroatoms. The molecule has 1 aromatic heterocycles. The van der Waals surface area contributed by atoms with Crippen molar-refractivity contribution >= 4 is 10.8 Å². The molecule has 20 heavy (non-hydrogen) atoms.